The standard InChI is InChI=1S/C12H12F3NO4/c1-2-3-6-20-11(17)9-5-4-8(12(13,14)15)7-10(9)16(18)19/h4-5,7H,2-3,6H2,1H3. The number of esters is 1. The van der Waals surface area contributed by atoms with E-state index >= 15 is 0 Å². The lowest BCUT2D eigenvalue weighted by Crippen LogP contribution is -2.12. The van der Waals surface area contributed by atoms with Crippen molar-refractivity contribution in [1.82, 2.24) is 0 Å². The van der Waals surface area contributed by atoms with E-state index in [0.29, 0.717) is 18.6 Å². The number of carbonyl (C=O) groups is 1. The highest BCUT2D eigenvalue weighted by Gasteiger charge is 2.34. The second-order valence-corrected chi connectivity index (χ2v) is 3.98. The largest absolute Gasteiger partial charge is 0.462 e. The van der Waals surface area contributed by atoms with Gasteiger partial charge in [0, 0.05) is 6.07 Å². The molecule has 20 heavy (non-hydrogen) atoms. The molecule has 1 rings (SSSR count). The summed E-state index contributed by atoms with van der Waals surface area (Å²) in [6.45, 7) is 1.92. The van der Waals surface area contributed by atoms with Crippen LogP contribution in [0.25, 0.3) is 0 Å². The number of hydrogen-bond acceptors (Lipinski definition) is 4. The molecule has 0 fully saturated rings. The molecular formula is C12H12F3NO4. The Kier molecular flexibility index (Phi) is 5.06. The summed E-state index contributed by atoms with van der Waals surface area (Å²) in [6, 6.07) is 1.70. The number of ether oxygens (including phenoxy) is 1. The molecule has 0 saturated carbocycles. The van der Waals surface area contributed by atoms with Crippen LogP contribution in [-0.2, 0) is 10.9 Å². The molecule has 0 aliphatic carbocycles. The van der Waals surface area contributed by atoms with Crippen LogP contribution in [0, 0.1) is 10.1 Å². The van der Waals surface area contributed by atoms with Crippen molar-refractivity contribution >= 4 is 11.7 Å². The highest BCUT2D eigenvalue weighted by Crippen LogP contribution is 2.33. The van der Waals surface area contributed by atoms with Crippen molar-refractivity contribution in [2.45, 2.75) is 25.9 Å². The first-order valence-corrected chi connectivity index (χ1v) is 5.80. The average Bonchev–Trinajstić information content (AvgIpc) is 2.37. The molecule has 110 valence electrons. The lowest BCUT2D eigenvalue weighted by atomic mass is 10.1. The maximum Gasteiger partial charge on any atom is 0.416 e. The third-order valence-electron chi connectivity index (χ3n) is 2.47. The van der Waals surface area contributed by atoms with Gasteiger partial charge in [0.25, 0.3) is 5.69 Å². The predicted octanol–water partition coefficient (Wildman–Crippen LogP) is 3.57. The first kappa shape index (κ1) is 15.9. The number of halogens is 3. The molecule has 0 saturated heterocycles. The molecule has 0 aromatic heterocycles. The van der Waals surface area contributed by atoms with E-state index in [9.17, 15) is 28.1 Å². The zero-order chi connectivity index (χ0) is 15.3. The van der Waals surface area contributed by atoms with Gasteiger partial charge in [0.2, 0.25) is 0 Å². The van der Waals surface area contributed by atoms with Gasteiger partial charge in [0.15, 0.2) is 0 Å². The van der Waals surface area contributed by atoms with Gasteiger partial charge in [-0.05, 0) is 18.6 Å². The fourth-order valence-electron chi connectivity index (χ4n) is 1.42. The first-order chi connectivity index (χ1) is 9.27. The number of carbonyl (C=O) groups excluding carboxylic acids is 1. The minimum absolute atomic E-state index is 0.0630. The van der Waals surface area contributed by atoms with Crippen LogP contribution in [0.2, 0.25) is 0 Å². The molecular weight excluding hydrogens is 279 g/mol. The fraction of sp³-hybridized carbons (Fsp3) is 0.417. The van der Waals surface area contributed by atoms with Crippen molar-refractivity contribution in [2.75, 3.05) is 6.61 Å². The maximum atomic E-state index is 12.5. The quantitative estimate of drug-likeness (QED) is 0.360. The molecule has 8 heteroatoms. The fourth-order valence-corrected chi connectivity index (χ4v) is 1.42. The van der Waals surface area contributed by atoms with E-state index in [1.165, 1.54) is 0 Å². The Balaban J connectivity index is 3.08. The topological polar surface area (TPSA) is 69.4 Å². The van der Waals surface area contributed by atoms with Crippen LogP contribution >= 0.6 is 0 Å². The smallest absolute Gasteiger partial charge is 0.416 e. The number of alkyl halides is 3. The molecule has 0 heterocycles. The number of unbranched alkanes of at least 4 members (excludes halogenated alkanes) is 1. The van der Waals surface area contributed by atoms with Crippen molar-refractivity contribution in [1.29, 1.82) is 0 Å². The van der Waals surface area contributed by atoms with Gasteiger partial charge in [0.05, 0.1) is 17.1 Å². The number of nitro benzene ring substituents is 1. The van der Waals surface area contributed by atoms with Crippen molar-refractivity contribution in [3.8, 4) is 0 Å². The summed E-state index contributed by atoms with van der Waals surface area (Å²) in [5.74, 6) is -1.00. The van der Waals surface area contributed by atoms with E-state index in [0.717, 1.165) is 12.5 Å². The molecule has 0 aliphatic heterocycles. The van der Waals surface area contributed by atoms with Gasteiger partial charge in [-0.25, -0.2) is 4.79 Å². The Morgan fingerprint density at radius 2 is 2.05 bits per heavy atom. The maximum absolute atomic E-state index is 12.5. The molecule has 0 atom stereocenters. The lowest BCUT2D eigenvalue weighted by Gasteiger charge is -2.08. The predicted molar refractivity (Wildman–Crippen MR) is 63.3 cm³/mol. The molecule has 5 nitrogen and oxygen atoms in total. The molecule has 0 unspecified atom stereocenters. The average molecular weight is 291 g/mol. The summed E-state index contributed by atoms with van der Waals surface area (Å²) >= 11 is 0. The molecule has 0 spiro atoms. The molecule has 0 aliphatic rings. The van der Waals surface area contributed by atoms with Gasteiger partial charge in [-0.15, -0.1) is 0 Å². The molecule has 0 N–H and O–H groups in total. The summed E-state index contributed by atoms with van der Waals surface area (Å²) in [6.07, 6.45) is -3.39. The summed E-state index contributed by atoms with van der Waals surface area (Å²) in [5, 5.41) is 10.8. The Bertz CT molecular complexity index is 514. The summed E-state index contributed by atoms with van der Waals surface area (Å²) < 4.78 is 42.2. The van der Waals surface area contributed by atoms with Crippen LogP contribution in [0.15, 0.2) is 18.2 Å². The molecule has 0 radical (unpaired) electrons. The van der Waals surface area contributed by atoms with Crippen LogP contribution < -0.4 is 0 Å². The monoisotopic (exact) mass is 291 g/mol. The summed E-state index contributed by atoms with van der Waals surface area (Å²) in [5.41, 5.74) is -2.59. The number of nitro groups is 1. The summed E-state index contributed by atoms with van der Waals surface area (Å²) in [4.78, 5) is 21.3. The van der Waals surface area contributed by atoms with Crippen LogP contribution in [-0.4, -0.2) is 17.5 Å². The second-order valence-electron chi connectivity index (χ2n) is 3.98. The zero-order valence-electron chi connectivity index (χ0n) is 10.6. The van der Waals surface area contributed by atoms with Crippen molar-refractivity contribution in [3.63, 3.8) is 0 Å². The van der Waals surface area contributed by atoms with Crippen molar-refractivity contribution in [2.24, 2.45) is 0 Å². The van der Waals surface area contributed by atoms with Gasteiger partial charge in [-0.2, -0.15) is 13.2 Å². The van der Waals surface area contributed by atoms with Crippen LogP contribution in [0.3, 0.4) is 0 Å². The number of rotatable bonds is 5. The highest BCUT2D eigenvalue weighted by molar-refractivity contribution is 5.94. The van der Waals surface area contributed by atoms with Gasteiger partial charge in [-0.3, -0.25) is 10.1 Å². The highest BCUT2D eigenvalue weighted by atomic mass is 19.4. The lowest BCUT2D eigenvalue weighted by molar-refractivity contribution is -0.385. The van der Waals surface area contributed by atoms with E-state index in [2.05, 4.69) is 0 Å². The normalized spacial score (nSPS) is 11.2. The van der Waals surface area contributed by atoms with Crippen LogP contribution in [0.4, 0.5) is 18.9 Å². The second kappa shape index (κ2) is 6.36. The number of hydrogen-bond donors (Lipinski definition) is 0. The van der Waals surface area contributed by atoms with Gasteiger partial charge in [0.1, 0.15) is 5.56 Å². The SMILES string of the molecule is CCCCOC(=O)c1ccc(C(F)(F)F)cc1[N+](=O)[O-]. The van der Waals surface area contributed by atoms with Gasteiger partial charge < -0.3 is 4.74 Å². The molecule has 1 aromatic carbocycles. The Morgan fingerprint density at radius 3 is 2.55 bits per heavy atom. The zero-order valence-corrected chi connectivity index (χ0v) is 10.6. The number of benzene rings is 1. The minimum Gasteiger partial charge on any atom is -0.462 e. The molecule has 0 bridgehead atoms. The van der Waals surface area contributed by atoms with E-state index < -0.39 is 33.9 Å². The van der Waals surface area contributed by atoms with Gasteiger partial charge in [-0.1, -0.05) is 13.3 Å². The third-order valence-corrected chi connectivity index (χ3v) is 2.47. The minimum atomic E-state index is -4.71. The Labute approximate surface area is 112 Å². The Morgan fingerprint density at radius 1 is 1.40 bits per heavy atom. The van der Waals surface area contributed by atoms with E-state index in [1.807, 2.05) is 6.92 Å². The first-order valence-electron chi connectivity index (χ1n) is 5.80. The van der Waals surface area contributed by atoms with Crippen molar-refractivity contribution in [3.05, 3.63) is 39.4 Å². The molecule has 0 amide bonds. The van der Waals surface area contributed by atoms with Crippen LogP contribution in [0.5, 0.6) is 0 Å². The third kappa shape index (κ3) is 3.94. The van der Waals surface area contributed by atoms with Crippen LogP contribution in [0.1, 0.15) is 35.7 Å². The number of nitrogens with zero attached hydrogens (tertiary/aromatic N) is 1. The van der Waals surface area contributed by atoms with E-state index in [4.69, 9.17) is 4.74 Å². The van der Waals surface area contributed by atoms with Gasteiger partial charge >= 0.3 is 12.1 Å². The summed E-state index contributed by atoms with van der Waals surface area (Å²) in [7, 11) is 0. The Hall–Kier alpha value is -2.12. The van der Waals surface area contributed by atoms with Crippen molar-refractivity contribution < 1.29 is 27.6 Å². The molecule has 1 aromatic rings. The van der Waals surface area contributed by atoms with E-state index in [-0.39, 0.29) is 6.61 Å². The van der Waals surface area contributed by atoms with E-state index in [1.54, 1.807) is 0 Å².